The van der Waals surface area contributed by atoms with E-state index >= 15 is 0 Å². The number of carbonyl (C=O) groups is 1. The third-order valence-corrected chi connectivity index (χ3v) is 4.53. The van der Waals surface area contributed by atoms with E-state index < -0.39 is 18.3 Å². The van der Waals surface area contributed by atoms with Crippen LogP contribution in [0.15, 0.2) is 23.7 Å². The molecule has 1 heterocycles. The lowest BCUT2D eigenvalue weighted by molar-refractivity contribution is -0.118. The first kappa shape index (κ1) is 18.6. The normalized spacial score (nSPS) is 19.4. The van der Waals surface area contributed by atoms with Crippen molar-refractivity contribution in [3.63, 3.8) is 0 Å². The molecule has 1 aromatic rings. The molecule has 1 amide bonds. The zero-order chi connectivity index (χ0) is 18.1. The van der Waals surface area contributed by atoms with Crippen LogP contribution in [0.3, 0.4) is 0 Å². The van der Waals surface area contributed by atoms with Gasteiger partial charge in [0.15, 0.2) is 0 Å². The fourth-order valence-corrected chi connectivity index (χ4v) is 2.51. The minimum Gasteiger partial charge on any atom is -0.508 e. The maximum Gasteiger partial charge on any atom is 0.492 e. The molecule has 0 saturated carbocycles. The highest BCUT2D eigenvalue weighted by atomic mass is 16.7. The van der Waals surface area contributed by atoms with Gasteiger partial charge in [-0.3, -0.25) is 4.79 Å². The van der Waals surface area contributed by atoms with Crippen molar-refractivity contribution in [2.45, 2.75) is 52.7 Å². The molecule has 5 nitrogen and oxygen atoms in total. The van der Waals surface area contributed by atoms with Crippen molar-refractivity contribution in [1.29, 1.82) is 0 Å². The van der Waals surface area contributed by atoms with Gasteiger partial charge in [-0.15, -0.1) is 0 Å². The monoisotopic (exact) mass is 331 g/mol. The van der Waals surface area contributed by atoms with Crippen molar-refractivity contribution in [3.8, 4) is 5.75 Å². The predicted molar refractivity (Wildman–Crippen MR) is 95.6 cm³/mol. The van der Waals surface area contributed by atoms with Gasteiger partial charge >= 0.3 is 7.12 Å². The SMILES string of the molecule is CC(=O)NCC(=Cc1cc(C)cc(O)c1)B1OC(C)(C)C(C)(C)O1. The molecule has 0 spiro atoms. The van der Waals surface area contributed by atoms with Crippen LogP contribution in [-0.2, 0) is 14.1 Å². The van der Waals surface area contributed by atoms with Gasteiger partial charge in [-0.25, -0.2) is 0 Å². The molecule has 1 fully saturated rings. The van der Waals surface area contributed by atoms with Crippen LogP contribution in [0.5, 0.6) is 5.75 Å². The van der Waals surface area contributed by atoms with Crippen LogP contribution in [0.1, 0.15) is 45.7 Å². The number of rotatable bonds is 4. The molecular weight excluding hydrogens is 305 g/mol. The number of aromatic hydroxyl groups is 1. The van der Waals surface area contributed by atoms with Crippen molar-refractivity contribution in [2.24, 2.45) is 0 Å². The Kier molecular flexibility index (Phi) is 5.11. The summed E-state index contributed by atoms with van der Waals surface area (Å²) >= 11 is 0. The number of aryl methyl sites for hydroxylation is 1. The molecule has 2 rings (SSSR count). The van der Waals surface area contributed by atoms with E-state index in [-0.39, 0.29) is 11.7 Å². The Morgan fingerprint density at radius 3 is 2.29 bits per heavy atom. The molecule has 24 heavy (non-hydrogen) atoms. The van der Waals surface area contributed by atoms with E-state index in [0.29, 0.717) is 6.54 Å². The summed E-state index contributed by atoms with van der Waals surface area (Å²) in [6.45, 7) is 11.7. The average Bonchev–Trinajstić information content (AvgIpc) is 2.62. The minimum atomic E-state index is -0.551. The molecule has 1 aliphatic heterocycles. The van der Waals surface area contributed by atoms with Gasteiger partial charge in [0.05, 0.1) is 11.2 Å². The molecule has 0 bridgehead atoms. The van der Waals surface area contributed by atoms with E-state index in [4.69, 9.17) is 9.31 Å². The van der Waals surface area contributed by atoms with Crippen LogP contribution < -0.4 is 5.32 Å². The Bertz CT molecular complexity index is 631. The number of phenols is 1. The molecule has 130 valence electrons. The van der Waals surface area contributed by atoms with Crippen molar-refractivity contribution >= 4 is 19.1 Å². The highest BCUT2D eigenvalue weighted by Gasteiger charge is 2.52. The number of amides is 1. The molecule has 0 unspecified atom stereocenters. The first-order valence-corrected chi connectivity index (χ1v) is 8.11. The third kappa shape index (κ3) is 4.19. The Morgan fingerprint density at radius 1 is 1.21 bits per heavy atom. The highest BCUT2D eigenvalue weighted by Crippen LogP contribution is 2.38. The molecule has 1 aliphatic rings. The van der Waals surface area contributed by atoms with Gasteiger partial charge in [-0.1, -0.05) is 12.1 Å². The molecule has 0 aliphatic carbocycles. The second kappa shape index (κ2) is 6.61. The summed E-state index contributed by atoms with van der Waals surface area (Å²) in [6, 6.07) is 5.32. The van der Waals surface area contributed by atoms with E-state index in [0.717, 1.165) is 16.6 Å². The standard InChI is InChI=1S/C18H26BNO4/c1-12-7-14(10-16(22)8-12)9-15(11-20-13(2)21)19-23-17(3,4)18(5,6)24-19/h7-10,22H,11H2,1-6H3,(H,20,21). The minimum absolute atomic E-state index is 0.121. The summed E-state index contributed by atoms with van der Waals surface area (Å²) in [6.07, 6.45) is 1.89. The lowest BCUT2D eigenvalue weighted by Gasteiger charge is -2.32. The summed E-state index contributed by atoms with van der Waals surface area (Å²) in [5.41, 5.74) is 1.68. The van der Waals surface area contributed by atoms with E-state index in [9.17, 15) is 9.90 Å². The Hall–Kier alpha value is -1.79. The van der Waals surface area contributed by atoms with E-state index in [1.54, 1.807) is 12.1 Å². The molecule has 0 atom stereocenters. The van der Waals surface area contributed by atoms with Gasteiger partial charge in [-0.05, 0) is 63.4 Å². The van der Waals surface area contributed by atoms with Crippen molar-refractivity contribution in [3.05, 3.63) is 34.8 Å². The van der Waals surface area contributed by atoms with Gasteiger partial charge in [0.2, 0.25) is 5.91 Å². The first-order valence-electron chi connectivity index (χ1n) is 8.11. The lowest BCUT2D eigenvalue weighted by atomic mass is 9.77. The number of hydrogen-bond donors (Lipinski definition) is 2. The molecule has 0 aromatic heterocycles. The van der Waals surface area contributed by atoms with Gasteiger partial charge in [-0.2, -0.15) is 0 Å². The topological polar surface area (TPSA) is 67.8 Å². The molecule has 0 radical (unpaired) electrons. The Morgan fingerprint density at radius 2 is 1.79 bits per heavy atom. The van der Waals surface area contributed by atoms with Gasteiger partial charge in [0.1, 0.15) is 5.75 Å². The predicted octanol–water partition coefficient (Wildman–Crippen LogP) is 2.85. The van der Waals surface area contributed by atoms with E-state index in [1.807, 2.05) is 46.8 Å². The quantitative estimate of drug-likeness (QED) is 0.833. The number of hydrogen-bond acceptors (Lipinski definition) is 4. The van der Waals surface area contributed by atoms with Gasteiger partial charge < -0.3 is 19.7 Å². The maximum atomic E-state index is 11.3. The zero-order valence-electron chi connectivity index (χ0n) is 15.3. The van der Waals surface area contributed by atoms with Crippen LogP contribution in [0, 0.1) is 6.92 Å². The molecular formula is C18H26BNO4. The van der Waals surface area contributed by atoms with E-state index in [1.165, 1.54) is 6.92 Å². The maximum absolute atomic E-state index is 11.3. The third-order valence-electron chi connectivity index (χ3n) is 4.53. The molecule has 2 N–H and O–H groups in total. The van der Waals surface area contributed by atoms with Gasteiger partial charge in [0.25, 0.3) is 0 Å². The van der Waals surface area contributed by atoms with E-state index in [2.05, 4.69) is 5.32 Å². The number of carbonyl (C=O) groups excluding carboxylic acids is 1. The lowest BCUT2D eigenvalue weighted by Crippen LogP contribution is -2.41. The molecule has 1 aromatic carbocycles. The van der Waals surface area contributed by atoms with Crippen molar-refractivity contribution < 1.29 is 19.2 Å². The van der Waals surface area contributed by atoms with Crippen LogP contribution in [-0.4, -0.2) is 35.9 Å². The second-order valence-corrected chi connectivity index (χ2v) is 7.32. The fourth-order valence-electron chi connectivity index (χ4n) is 2.51. The zero-order valence-corrected chi connectivity index (χ0v) is 15.3. The molecule has 6 heteroatoms. The fraction of sp³-hybridized carbons (Fsp3) is 0.500. The average molecular weight is 331 g/mol. The van der Waals surface area contributed by atoms with Crippen LogP contribution >= 0.6 is 0 Å². The van der Waals surface area contributed by atoms with Gasteiger partial charge in [0, 0.05) is 13.5 Å². The largest absolute Gasteiger partial charge is 0.508 e. The number of nitrogens with one attached hydrogen (secondary N) is 1. The summed E-state index contributed by atoms with van der Waals surface area (Å²) < 4.78 is 12.2. The molecule has 1 saturated heterocycles. The van der Waals surface area contributed by atoms with Crippen molar-refractivity contribution in [1.82, 2.24) is 5.32 Å². The summed E-state index contributed by atoms with van der Waals surface area (Å²) in [4.78, 5) is 11.3. The highest BCUT2D eigenvalue weighted by molar-refractivity contribution is 6.56. The number of benzene rings is 1. The smallest absolute Gasteiger partial charge is 0.492 e. The second-order valence-electron chi connectivity index (χ2n) is 7.32. The number of phenolic OH excluding ortho intramolecular Hbond substituents is 1. The summed E-state index contributed by atoms with van der Waals surface area (Å²) in [7, 11) is -0.551. The van der Waals surface area contributed by atoms with Crippen LogP contribution in [0.2, 0.25) is 0 Å². The Balaban J connectivity index is 2.35. The van der Waals surface area contributed by atoms with Crippen LogP contribution in [0.4, 0.5) is 0 Å². The summed E-state index contributed by atoms with van der Waals surface area (Å²) in [5, 5.41) is 12.6. The Labute approximate surface area is 144 Å². The van der Waals surface area contributed by atoms with Crippen LogP contribution in [0.25, 0.3) is 6.08 Å². The van der Waals surface area contributed by atoms with Crippen molar-refractivity contribution in [2.75, 3.05) is 6.54 Å². The first-order chi connectivity index (χ1) is 11.0. The summed E-state index contributed by atoms with van der Waals surface area (Å²) in [5.74, 6) is 0.0820.